The summed E-state index contributed by atoms with van der Waals surface area (Å²) in [6, 6.07) is 8.42. The van der Waals surface area contributed by atoms with Crippen LogP contribution in [0.3, 0.4) is 0 Å². The van der Waals surface area contributed by atoms with Gasteiger partial charge in [-0.1, -0.05) is 18.2 Å². The summed E-state index contributed by atoms with van der Waals surface area (Å²) in [5, 5.41) is 3.21. The molecular weight excluding hydrogens is 278 g/mol. The van der Waals surface area contributed by atoms with Gasteiger partial charge in [0.15, 0.2) is 0 Å². The largest absolute Gasteiger partial charge is 0.444 e. The van der Waals surface area contributed by atoms with Crippen LogP contribution in [0.1, 0.15) is 26.3 Å². The lowest BCUT2D eigenvalue weighted by Gasteiger charge is -2.37. The van der Waals surface area contributed by atoms with Gasteiger partial charge in [-0.25, -0.2) is 4.79 Å². The van der Waals surface area contributed by atoms with Gasteiger partial charge in [-0.3, -0.25) is 0 Å². The molecule has 1 aromatic rings. The molecule has 22 heavy (non-hydrogen) atoms. The van der Waals surface area contributed by atoms with Crippen LogP contribution in [-0.4, -0.2) is 49.8 Å². The number of nitrogens with zero attached hydrogens (tertiary/aromatic N) is 2. The maximum Gasteiger partial charge on any atom is 0.410 e. The summed E-state index contributed by atoms with van der Waals surface area (Å²) in [5.74, 6) is 0. The van der Waals surface area contributed by atoms with Crippen molar-refractivity contribution in [2.75, 3.05) is 38.1 Å². The summed E-state index contributed by atoms with van der Waals surface area (Å²) in [5.41, 5.74) is 2.10. The lowest BCUT2D eigenvalue weighted by Crippen LogP contribution is -2.50. The zero-order chi connectivity index (χ0) is 16.2. The first-order valence-electron chi connectivity index (χ1n) is 7.86. The molecule has 5 nitrogen and oxygen atoms in total. The van der Waals surface area contributed by atoms with Gasteiger partial charge in [0, 0.05) is 38.4 Å². The first-order chi connectivity index (χ1) is 10.4. The van der Waals surface area contributed by atoms with Crippen molar-refractivity contribution in [3.63, 3.8) is 0 Å². The molecule has 1 amide bonds. The van der Waals surface area contributed by atoms with Crippen molar-refractivity contribution in [2.45, 2.75) is 32.9 Å². The van der Waals surface area contributed by atoms with E-state index < -0.39 is 5.60 Å². The van der Waals surface area contributed by atoms with Crippen molar-refractivity contribution in [1.82, 2.24) is 10.2 Å². The highest BCUT2D eigenvalue weighted by Gasteiger charge is 2.26. The van der Waals surface area contributed by atoms with Gasteiger partial charge in [-0.15, -0.1) is 0 Å². The van der Waals surface area contributed by atoms with Crippen LogP contribution in [0.4, 0.5) is 10.5 Å². The van der Waals surface area contributed by atoms with E-state index in [9.17, 15) is 4.79 Å². The van der Waals surface area contributed by atoms with Gasteiger partial charge in [-0.2, -0.15) is 0 Å². The Morgan fingerprint density at radius 3 is 2.41 bits per heavy atom. The molecule has 0 aromatic heterocycles. The van der Waals surface area contributed by atoms with Gasteiger partial charge >= 0.3 is 6.09 Å². The minimum absolute atomic E-state index is 0.212. The predicted molar refractivity (Wildman–Crippen MR) is 89.2 cm³/mol. The zero-order valence-electron chi connectivity index (χ0n) is 14.1. The Morgan fingerprint density at radius 2 is 1.82 bits per heavy atom. The lowest BCUT2D eigenvalue weighted by atomic mass is 10.1. The van der Waals surface area contributed by atoms with Gasteiger partial charge < -0.3 is 19.9 Å². The molecule has 1 saturated heterocycles. The fraction of sp³-hybridized carbons (Fsp3) is 0.588. The average molecular weight is 305 g/mol. The van der Waals surface area contributed by atoms with Crippen LogP contribution in [0, 0.1) is 0 Å². The van der Waals surface area contributed by atoms with Crippen LogP contribution in [0.25, 0.3) is 0 Å². The van der Waals surface area contributed by atoms with Crippen molar-refractivity contribution in [2.24, 2.45) is 0 Å². The van der Waals surface area contributed by atoms with Crippen LogP contribution in [0.15, 0.2) is 24.3 Å². The number of piperazine rings is 1. The van der Waals surface area contributed by atoms with E-state index in [1.807, 2.05) is 27.8 Å². The van der Waals surface area contributed by atoms with Gasteiger partial charge in [0.05, 0.1) is 0 Å². The topological polar surface area (TPSA) is 44.8 Å². The molecule has 1 aliphatic heterocycles. The normalized spacial score (nSPS) is 15.8. The second-order valence-electron chi connectivity index (χ2n) is 6.61. The SMILES string of the molecule is CNCc1ccccc1N1CCN(C(=O)OC(C)(C)C)CC1. The quantitative estimate of drug-likeness (QED) is 0.932. The Balaban J connectivity index is 1.96. The molecule has 1 fully saturated rings. The molecule has 0 radical (unpaired) electrons. The highest BCUT2D eigenvalue weighted by Crippen LogP contribution is 2.22. The summed E-state index contributed by atoms with van der Waals surface area (Å²) in [6.07, 6.45) is -0.212. The number of ether oxygens (including phenoxy) is 1. The molecule has 0 spiro atoms. The molecule has 1 aromatic carbocycles. The van der Waals surface area contributed by atoms with Crippen molar-refractivity contribution < 1.29 is 9.53 Å². The Morgan fingerprint density at radius 1 is 1.18 bits per heavy atom. The van der Waals surface area contributed by atoms with E-state index in [1.165, 1.54) is 11.3 Å². The number of para-hydroxylation sites is 1. The summed E-state index contributed by atoms with van der Waals surface area (Å²) in [7, 11) is 1.96. The highest BCUT2D eigenvalue weighted by molar-refractivity contribution is 5.68. The average Bonchev–Trinajstić information content (AvgIpc) is 2.47. The molecule has 122 valence electrons. The van der Waals surface area contributed by atoms with E-state index in [0.717, 1.165) is 19.6 Å². The van der Waals surface area contributed by atoms with Gasteiger partial charge in [0.1, 0.15) is 5.60 Å². The number of carbonyl (C=O) groups is 1. The monoisotopic (exact) mass is 305 g/mol. The fourth-order valence-electron chi connectivity index (χ4n) is 2.62. The maximum atomic E-state index is 12.1. The van der Waals surface area contributed by atoms with E-state index in [4.69, 9.17) is 4.74 Å². The van der Waals surface area contributed by atoms with Gasteiger partial charge in [0.25, 0.3) is 0 Å². The molecule has 1 N–H and O–H groups in total. The number of amides is 1. The highest BCUT2D eigenvalue weighted by atomic mass is 16.6. The molecular formula is C17H27N3O2. The van der Waals surface area contributed by atoms with E-state index in [1.54, 1.807) is 4.90 Å². The minimum atomic E-state index is -0.437. The first kappa shape index (κ1) is 16.6. The third kappa shape index (κ3) is 4.37. The van der Waals surface area contributed by atoms with E-state index in [-0.39, 0.29) is 6.09 Å². The van der Waals surface area contributed by atoms with E-state index >= 15 is 0 Å². The molecule has 0 bridgehead atoms. The first-order valence-corrected chi connectivity index (χ1v) is 7.86. The van der Waals surface area contributed by atoms with Crippen molar-refractivity contribution in [3.8, 4) is 0 Å². The molecule has 0 unspecified atom stereocenters. The molecule has 2 rings (SSSR count). The third-order valence-corrected chi connectivity index (χ3v) is 3.63. The number of benzene rings is 1. The number of nitrogens with one attached hydrogen (secondary N) is 1. The van der Waals surface area contributed by atoms with Gasteiger partial charge in [-0.05, 0) is 39.4 Å². The number of rotatable bonds is 3. The second-order valence-corrected chi connectivity index (χ2v) is 6.61. The molecule has 0 aliphatic carbocycles. The number of hydrogen-bond donors (Lipinski definition) is 1. The Bertz CT molecular complexity index is 503. The molecule has 0 saturated carbocycles. The fourth-order valence-corrected chi connectivity index (χ4v) is 2.62. The number of anilines is 1. The van der Waals surface area contributed by atoms with Crippen LogP contribution in [0.2, 0.25) is 0 Å². The van der Waals surface area contributed by atoms with Crippen molar-refractivity contribution in [1.29, 1.82) is 0 Å². The standard InChI is InChI=1S/C17H27N3O2/c1-17(2,3)22-16(21)20-11-9-19(10-12-20)15-8-6-5-7-14(15)13-18-4/h5-8,18H,9-13H2,1-4H3. The van der Waals surface area contributed by atoms with Crippen LogP contribution < -0.4 is 10.2 Å². The van der Waals surface area contributed by atoms with Crippen molar-refractivity contribution >= 4 is 11.8 Å². The Labute approximate surface area is 133 Å². The minimum Gasteiger partial charge on any atom is -0.444 e. The lowest BCUT2D eigenvalue weighted by molar-refractivity contribution is 0.0240. The van der Waals surface area contributed by atoms with E-state index in [2.05, 4.69) is 34.5 Å². The number of carbonyl (C=O) groups excluding carboxylic acids is 1. The Hall–Kier alpha value is -1.75. The Kier molecular flexibility index (Phi) is 5.29. The second kappa shape index (κ2) is 7.01. The summed E-state index contributed by atoms with van der Waals surface area (Å²) < 4.78 is 5.44. The summed E-state index contributed by atoms with van der Waals surface area (Å²) in [6.45, 7) is 9.60. The van der Waals surface area contributed by atoms with Crippen LogP contribution in [-0.2, 0) is 11.3 Å². The molecule has 1 heterocycles. The number of hydrogen-bond acceptors (Lipinski definition) is 4. The zero-order valence-corrected chi connectivity index (χ0v) is 14.1. The van der Waals surface area contributed by atoms with Crippen LogP contribution in [0.5, 0.6) is 0 Å². The molecule has 1 aliphatic rings. The maximum absolute atomic E-state index is 12.1. The third-order valence-electron chi connectivity index (χ3n) is 3.63. The van der Waals surface area contributed by atoms with E-state index in [0.29, 0.717) is 13.1 Å². The smallest absolute Gasteiger partial charge is 0.410 e. The summed E-state index contributed by atoms with van der Waals surface area (Å²) in [4.78, 5) is 16.2. The molecule has 0 atom stereocenters. The predicted octanol–water partition coefficient (Wildman–Crippen LogP) is 2.46. The summed E-state index contributed by atoms with van der Waals surface area (Å²) >= 11 is 0. The van der Waals surface area contributed by atoms with Gasteiger partial charge in [0.2, 0.25) is 0 Å². The van der Waals surface area contributed by atoms with Crippen molar-refractivity contribution in [3.05, 3.63) is 29.8 Å². The van der Waals surface area contributed by atoms with Crippen LogP contribution >= 0.6 is 0 Å². The molecule has 5 heteroatoms.